The summed E-state index contributed by atoms with van der Waals surface area (Å²) in [5.41, 5.74) is 4.98. The second-order valence-electron chi connectivity index (χ2n) is 2.41. The summed E-state index contributed by atoms with van der Waals surface area (Å²) in [4.78, 5) is 21.2. The van der Waals surface area contributed by atoms with E-state index in [9.17, 15) is 9.59 Å². The number of amides is 1. The monoisotopic (exact) mass is 195 g/mol. The fourth-order valence-corrected chi connectivity index (χ4v) is 1.02. The quantitative estimate of drug-likeness (QED) is 0.728. The van der Waals surface area contributed by atoms with Gasteiger partial charge in [-0.05, 0) is 12.1 Å². The fourth-order valence-electron chi connectivity index (χ4n) is 1.02. The van der Waals surface area contributed by atoms with Gasteiger partial charge in [-0.2, -0.15) is 0 Å². The molecule has 0 heterocycles. The Morgan fingerprint density at radius 2 is 2.07 bits per heavy atom. The molecule has 2 N–H and O–H groups in total. The van der Waals surface area contributed by atoms with Crippen molar-refractivity contribution < 1.29 is 19.1 Å². The Morgan fingerprint density at radius 3 is 2.57 bits per heavy atom. The highest BCUT2D eigenvalue weighted by atomic mass is 16.5. The number of methoxy groups -OCH3 is 1. The first-order valence-electron chi connectivity index (χ1n) is 3.78. The van der Waals surface area contributed by atoms with Gasteiger partial charge in [0.15, 0.2) is 6.29 Å². The third kappa shape index (κ3) is 2.01. The van der Waals surface area contributed by atoms with Crippen LogP contribution in [0.1, 0.15) is 10.4 Å². The second kappa shape index (κ2) is 4.27. The Hall–Kier alpha value is -2.04. The van der Waals surface area contributed by atoms with Gasteiger partial charge in [-0.1, -0.05) is 6.07 Å². The van der Waals surface area contributed by atoms with Gasteiger partial charge >= 0.3 is 6.09 Å². The predicted molar refractivity (Wildman–Crippen MR) is 48.6 cm³/mol. The topological polar surface area (TPSA) is 78.6 Å². The zero-order valence-electron chi connectivity index (χ0n) is 7.52. The van der Waals surface area contributed by atoms with E-state index >= 15 is 0 Å². The van der Waals surface area contributed by atoms with Gasteiger partial charge in [0.1, 0.15) is 11.5 Å². The molecule has 0 saturated carbocycles. The van der Waals surface area contributed by atoms with E-state index in [0.717, 1.165) is 0 Å². The maximum atomic E-state index is 10.7. The first-order valence-corrected chi connectivity index (χ1v) is 3.78. The normalized spacial score (nSPS) is 9.21. The van der Waals surface area contributed by atoms with E-state index < -0.39 is 6.09 Å². The molecule has 0 aliphatic rings. The van der Waals surface area contributed by atoms with Crippen LogP contribution in [0.5, 0.6) is 11.5 Å². The molecule has 0 aliphatic carbocycles. The molecule has 0 spiro atoms. The van der Waals surface area contributed by atoms with E-state index in [2.05, 4.69) is 4.74 Å². The van der Waals surface area contributed by atoms with Gasteiger partial charge in [-0.25, -0.2) is 4.79 Å². The van der Waals surface area contributed by atoms with Gasteiger partial charge in [-0.15, -0.1) is 0 Å². The minimum Gasteiger partial charge on any atom is -0.496 e. The van der Waals surface area contributed by atoms with Crippen molar-refractivity contribution in [1.29, 1.82) is 0 Å². The molecule has 0 unspecified atom stereocenters. The lowest BCUT2D eigenvalue weighted by atomic mass is 10.2. The van der Waals surface area contributed by atoms with Crippen molar-refractivity contribution in [2.45, 2.75) is 0 Å². The van der Waals surface area contributed by atoms with Gasteiger partial charge in [0, 0.05) is 0 Å². The standard InChI is InChI=1S/C9H9NO4/c1-13-7-3-2-4-8(6(7)5-11)14-9(10)12/h2-5H,1H3,(H2,10,12). The molecule has 5 nitrogen and oxygen atoms in total. The average Bonchev–Trinajstić information content (AvgIpc) is 2.16. The number of benzene rings is 1. The molecule has 74 valence electrons. The number of ether oxygens (including phenoxy) is 2. The number of carbonyl (C=O) groups is 2. The molecular formula is C9H9NO4. The summed E-state index contributed by atoms with van der Waals surface area (Å²) < 4.78 is 9.50. The van der Waals surface area contributed by atoms with Crippen LogP contribution < -0.4 is 15.2 Å². The van der Waals surface area contributed by atoms with E-state index in [1.165, 1.54) is 13.2 Å². The first-order chi connectivity index (χ1) is 6.69. The Bertz CT molecular complexity index is 362. The summed E-state index contributed by atoms with van der Waals surface area (Å²) in [5, 5.41) is 0. The third-order valence-corrected chi connectivity index (χ3v) is 1.57. The predicted octanol–water partition coefficient (Wildman–Crippen LogP) is 0.965. The fraction of sp³-hybridized carbons (Fsp3) is 0.111. The number of hydrogen-bond acceptors (Lipinski definition) is 4. The molecule has 0 bridgehead atoms. The van der Waals surface area contributed by atoms with E-state index in [0.29, 0.717) is 12.0 Å². The largest absolute Gasteiger partial charge is 0.496 e. The van der Waals surface area contributed by atoms with Crippen LogP contribution in [-0.4, -0.2) is 19.5 Å². The molecule has 1 aromatic rings. The van der Waals surface area contributed by atoms with Crippen molar-refractivity contribution in [2.24, 2.45) is 5.73 Å². The molecular weight excluding hydrogens is 186 g/mol. The zero-order chi connectivity index (χ0) is 10.6. The maximum Gasteiger partial charge on any atom is 0.409 e. The number of nitrogens with two attached hydrogens (primary N) is 1. The van der Waals surface area contributed by atoms with Crippen LogP contribution in [0.25, 0.3) is 0 Å². The molecule has 0 aliphatic heterocycles. The summed E-state index contributed by atoms with van der Waals surface area (Å²) in [6.45, 7) is 0. The number of aldehydes is 1. The average molecular weight is 195 g/mol. The Balaban J connectivity index is 3.14. The smallest absolute Gasteiger partial charge is 0.409 e. The van der Waals surface area contributed by atoms with E-state index in [-0.39, 0.29) is 11.3 Å². The van der Waals surface area contributed by atoms with Crippen LogP contribution >= 0.6 is 0 Å². The second-order valence-corrected chi connectivity index (χ2v) is 2.41. The molecule has 1 aromatic carbocycles. The minimum atomic E-state index is -0.971. The zero-order valence-corrected chi connectivity index (χ0v) is 7.52. The third-order valence-electron chi connectivity index (χ3n) is 1.57. The highest BCUT2D eigenvalue weighted by Gasteiger charge is 2.10. The summed E-state index contributed by atoms with van der Waals surface area (Å²) in [7, 11) is 1.41. The first kappa shape index (κ1) is 10.0. The van der Waals surface area contributed by atoms with Crippen molar-refractivity contribution in [3.8, 4) is 11.5 Å². The highest BCUT2D eigenvalue weighted by molar-refractivity contribution is 5.85. The SMILES string of the molecule is COc1cccc(OC(N)=O)c1C=O. The summed E-state index contributed by atoms with van der Waals surface area (Å²) in [5.74, 6) is 0.422. The van der Waals surface area contributed by atoms with Crippen molar-refractivity contribution in [1.82, 2.24) is 0 Å². The molecule has 14 heavy (non-hydrogen) atoms. The molecule has 1 rings (SSSR count). The molecule has 0 atom stereocenters. The van der Waals surface area contributed by atoms with Gasteiger partial charge in [0.05, 0.1) is 12.7 Å². The van der Waals surface area contributed by atoms with Gasteiger partial charge < -0.3 is 15.2 Å². The van der Waals surface area contributed by atoms with Crippen molar-refractivity contribution in [3.63, 3.8) is 0 Å². The van der Waals surface area contributed by atoms with Gasteiger partial charge in [0.25, 0.3) is 0 Å². The van der Waals surface area contributed by atoms with Crippen LogP contribution in [0, 0.1) is 0 Å². The lowest BCUT2D eigenvalue weighted by Crippen LogP contribution is -2.17. The molecule has 0 saturated heterocycles. The Labute approximate surface area is 80.4 Å². The molecule has 0 aromatic heterocycles. The molecule has 1 amide bonds. The van der Waals surface area contributed by atoms with Gasteiger partial charge in [-0.3, -0.25) is 4.79 Å². The summed E-state index contributed by atoms with van der Waals surface area (Å²) in [6, 6.07) is 4.62. The number of rotatable bonds is 3. The molecule has 0 radical (unpaired) electrons. The van der Waals surface area contributed by atoms with Crippen LogP contribution in [-0.2, 0) is 0 Å². The van der Waals surface area contributed by atoms with E-state index in [1.54, 1.807) is 12.1 Å². The number of carbonyl (C=O) groups excluding carboxylic acids is 2. The van der Waals surface area contributed by atoms with Crippen molar-refractivity contribution in [3.05, 3.63) is 23.8 Å². The summed E-state index contributed by atoms with van der Waals surface area (Å²) >= 11 is 0. The van der Waals surface area contributed by atoms with E-state index in [4.69, 9.17) is 10.5 Å². The van der Waals surface area contributed by atoms with Crippen LogP contribution in [0.15, 0.2) is 18.2 Å². The van der Waals surface area contributed by atoms with Crippen LogP contribution in [0.3, 0.4) is 0 Å². The molecule has 5 heteroatoms. The lowest BCUT2D eigenvalue weighted by molar-refractivity contribution is 0.111. The van der Waals surface area contributed by atoms with Crippen molar-refractivity contribution >= 4 is 12.4 Å². The van der Waals surface area contributed by atoms with Crippen molar-refractivity contribution in [2.75, 3.05) is 7.11 Å². The lowest BCUT2D eigenvalue weighted by Gasteiger charge is -2.07. The molecule has 0 fully saturated rings. The number of hydrogen-bond donors (Lipinski definition) is 1. The minimum absolute atomic E-state index is 0.0897. The Kier molecular flexibility index (Phi) is 3.06. The summed E-state index contributed by atoms with van der Waals surface area (Å²) in [6.07, 6.45) is -0.432. The Morgan fingerprint density at radius 1 is 1.43 bits per heavy atom. The van der Waals surface area contributed by atoms with E-state index in [1.807, 2.05) is 0 Å². The number of primary amides is 1. The highest BCUT2D eigenvalue weighted by Crippen LogP contribution is 2.26. The van der Waals surface area contributed by atoms with Crippen LogP contribution in [0.2, 0.25) is 0 Å². The van der Waals surface area contributed by atoms with Gasteiger partial charge in [0.2, 0.25) is 0 Å². The maximum absolute atomic E-state index is 10.7. The van der Waals surface area contributed by atoms with Crippen LogP contribution in [0.4, 0.5) is 4.79 Å².